The molecule has 0 bridgehead atoms. The van der Waals surface area contributed by atoms with Crippen molar-refractivity contribution in [3.8, 4) is 0 Å². The third-order valence-corrected chi connectivity index (χ3v) is 2.20. The topological polar surface area (TPSA) is 26.0 Å². The Balaban J connectivity index is 2.45. The maximum absolute atomic E-state index is 13.0. The normalized spacial score (nSPS) is 19.8. The lowest BCUT2D eigenvalue weighted by Gasteiger charge is -2.08. The first-order chi connectivity index (χ1) is 5.22. The van der Waals surface area contributed by atoms with Crippen LogP contribution in [0.5, 0.6) is 0 Å². The smallest absolute Gasteiger partial charge is 0.128 e. The van der Waals surface area contributed by atoms with E-state index in [1.54, 1.807) is 12.1 Å². The highest BCUT2D eigenvalue weighted by molar-refractivity contribution is 5.30. The molecule has 1 aliphatic rings. The molecule has 1 fully saturated rings. The van der Waals surface area contributed by atoms with Crippen molar-refractivity contribution in [1.82, 2.24) is 0 Å². The summed E-state index contributed by atoms with van der Waals surface area (Å²) in [6.45, 7) is 0. The van der Waals surface area contributed by atoms with Gasteiger partial charge in [0.2, 0.25) is 0 Å². The Hall–Kier alpha value is -0.890. The Morgan fingerprint density at radius 2 is 1.91 bits per heavy atom. The summed E-state index contributed by atoms with van der Waals surface area (Å²) in [5.41, 5.74) is 6.15. The number of halogens is 1. The minimum atomic E-state index is -0.342. The highest BCUT2D eigenvalue weighted by Gasteiger charge is 2.41. The van der Waals surface area contributed by atoms with E-state index in [0.717, 1.165) is 12.8 Å². The maximum Gasteiger partial charge on any atom is 0.128 e. The molecule has 0 aliphatic heterocycles. The van der Waals surface area contributed by atoms with Crippen LogP contribution in [-0.4, -0.2) is 0 Å². The highest BCUT2D eigenvalue weighted by Crippen LogP contribution is 2.43. The molecule has 1 aromatic rings. The molecule has 1 aliphatic carbocycles. The van der Waals surface area contributed by atoms with E-state index in [1.165, 1.54) is 6.07 Å². The Morgan fingerprint density at radius 1 is 1.27 bits per heavy atom. The maximum atomic E-state index is 13.0. The van der Waals surface area contributed by atoms with E-state index >= 15 is 0 Å². The zero-order valence-corrected chi connectivity index (χ0v) is 6.18. The SMILES string of the molecule is NC1(c2ccccc2F)CC1. The van der Waals surface area contributed by atoms with Gasteiger partial charge in [0.05, 0.1) is 0 Å². The predicted octanol–water partition coefficient (Wildman–Crippen LogP) is 1.77. The van der Waals surface area contributed by atoms with Gasteiger partial charge in [0.1, 0.15) is 5.82 Å². The van der Waals surface area contributed by atoms with Gasteiger partial charge in [-0.15, -0.1) is 0 Å². The Morgan fingerprint density at radius 3 is 2.45 bits per heavy atom. The largest absolute Gasteiger partial charge is 0.321 e. The first-order valence-electron chi connectivity index (χ1n) is 3.76. The van der Waals surface area contributed by atoms with Crippen LogP contribution >= 0.6 is 0 Å². The Kier molecular flexibility index (Phi) is 1.26. The average molecular weight is 151 g/mol. The number of nitrogens with two attached hydrogens (primary N) is 1. The van der Waals surface area contributed by atoms with Crippen molar-refractivity contribution >= 4 is 0 Å². The molecule has 0 radical (unpaired) electrons. The van der Waals surface area contributed by atoms with Crippen LogP contribution in [0.25, 0.3) is 0 Å². The van der Waals surface area contributed by atoms with E-state index in [2.05, 4.69) is 0 Å². The van der Waals surface area contributed by atoms with Gasteiger partial charge in [0.15, 0.2) is 0 Å². The van der Waals surface area contributed by atoms with Gasteiger partial charge < -0.3 is 5.73 Å². The molecule has 0 spiro atoms. The van der Waals surface area contributed by atoms with Gasteiger partial charge in [-0.1, -0.05) is 18.2 Å². The molecule has 58 valence electrons. The molecule has 0 amide bonds. The minimum absolute atomic E-state index is 0.174. The van der Waals surface area contributed by atoms with Gasteiger partial charge in [0.25, 0.3) is 0 Å². The zero-order chi connectivity index (χ0) is 7.90. The molecular weight excluding hydrogens is 141 g/mol. The fourth-order valence-electron chi connectivity index (χ4n) is 1.27. The number of hydrogen-bond donors (Lipinski definition) is 1. The molecule has 1 saturated carbocycles. The van der Waals surface area contributed by atoms with E-state index < -0.39 is 0 Å². The van der Waals surface area contributed by atoms with E-state index in [4.69, 9.17) is 5.73 Å². The van der Waals surface area contributed by atoms with E-state index in [9.17, 15) is 4.39 Å². The molecule has 0 atom stereocenters. The standard InChI is InChI=1S/C9H10FN/c10-8-4-2-1-3-7(8)9(11)5-6-9/h1-4H,5-6,11H2. The van der Waals surface area contributed by atoms with Crippen molar-refractivity contribution in [2.45, 2.75) is 18.4 Å². The zero-order valence-electron chi connectivity index (χ0n) is 6.18. The van der Waals surface area contributed by atoms with Crippen LogP contribution in [-0.2, 0) is 5.54 Å². The van der Waals surface area contributed by atoms with Crippen molar-refractivity contribution in [3.05, 3.63) is 35.6 Å². The van der Waals surface area contributed by atoms with Crippen LogP contribution in [0, 0.1) is 5.82 Å². The molecule has 0 saturated heterocycles. The monoisotopic (exact) mass is 151 g/mol. The molecule has 11 heavy (non-hydrogen) atoms. The van der Waals surface area contributed by atoms with Crippen molar-refractivity contribution in [1.29, 1.82) is 0 Å². The Labute approximate surface area is 65.0 Å². The number of hydrogen-bond acceptors (Lipinski definition) is 1. The summed E-state index contributed by atoms with van der Waals surface area (Å²) < 4.78 is 13.0. The van der Waals surface area contributed by atoms with Crippen molar-refractivity contribution in [2.24, 2.45) is 5.73 Å². The van der Waals surface area contributed by atoms with Crippen molar-refractivity contribution < 1.29 is 4.39 Å². The van der Waals surface area contributed by atoms with Crippen LogP contribution in [0.2, 0.25) is 0 Å². The van der Waals surface area contributed by atoms with E-state index in [-0.39, 0.29) is 11.4 Å². The van der Waals surface area contributed by atoms with Gasteiger partial charge >= 0.3 is 0 Å². The highest BCUT2D eigenvalue weighted by atomic mass is 19.1. The predicted molar refractivity (Wildman–Crippen MR) is 41.5 cm³/mol. The third kappa shape index (κ3) is 1.03. The quantitative estimate of drug-likeness (QED) is 0.650. The molecule has 0 heterocycles. The van der Waals surface area contributed by atoms with Crippen molar-refractivity contribution in [2.75, 3.05) is 0 Å². The summed E-state index contributed by atoms with van der Waals surface area (Å²) in [6, 6.07) is 6.74. The van der Waals surface area contributed by atoms with Gasteiger partial charge in [-0.3, -0.25) is 0 Å². The number of benzene rings is 1. The molecule has 2 N–H and O–H groups in total. The van der Waals surface area contributed by atoms with Crippen LogP contribution in [0.3, 0.4) is 0 Å². The lowest BCUT2D eigenvalue weighted by atomic mass is 10.1. The number of rotatable bonds is 1. The first-order valence-corrected chi connectivity index (χ1v) is 3.76. The lowest BCUT2D eigenvalue weighted by molar-refractivity contribution is 0.578. The third-order valence-electron chi connectivity index (χ3n) is 2.20. The molecule has 1 aromatic carbocycles. The van der Waals surface area contributed by atoms with E-state index in [1.807, 2.05) is 6.07 Å². The minimum Gasteiger partial charge on any atom is -0.321 e. The second kappa shape index (κ2) is 2.05. The average Bonchev–Trinajstić information content (AvgIpc) is 2.70. The summed E-state index contributed by atoms with van der Waals surface area (Å²) in [5.74, 6) is -0.174. The summed E-state index contributed by atoms with van der Waals surface area (Å²) in [4.78, 5) is 0. The molecule has 1 nitrogen and oxygen atoms in total. The van der Waals surface area contributed by atoms with Gasteiger partial charge in [-0.25, -0.2) is 4.39 Å². The molecule has 2 heteroatoms. The molecule has 2 rings (SSSR count). The summed E-state index contributed by atoms with van der Waals surface area (Å²) in [6.07, 6.45) is 1.82. The van der Waals surface area contributed by atoms with Gasteiger partial charge in [0, 0.05) is 11.1 Å². The molecule has 0 aromatic heterocycles. The second-order valence-electron chi connectivity index (χ2n) is 3.14. The first kappa shape index (κ1) is 6.80. The van der Waals surface area contributed by atoms with Crippen LogP contribution in [0.4, 0.5) is 4.39 Å². The fraction of sp³-hybridized carbons (Fsp3) is 0.333. The van der Waals surface area contributed by atoms with Gasteiger partial charge in [-0.05, 0) is 18.9 Å². The summed E-state index contributed by atoms with van der Waals surface area (Å²) in [7, 11) is 0. The van der Waals surface area contributed by atoms with Crippen LogP contribution in [0.15, 0.2) is 24.3 Å². The van der Waals surface area contributed by atoms with E-state index in [0.29, 0.717) is 5.56 Å². The fourth-order valence-corrected chi connectivity index (χ4v) is 1.27. The summed E-state index contributed by atoms with van der Waals surface area (Å²) >= 11 is 0. The summed E-state index contributed by atoms with van der Waals surface area (Å²) in [5, 5.41) is 0. The second-order valence-corrected chi connectivity index (χ2v) is 3.14. The van der Waals surface area contributed by atoms with Crippen LogP contribution < -0.4 is 5.73 Å². The van der Waals surface area contributed by atoms with Crippen molar-refractivity contribution in [3.63, 3.8) is 0 Å². The van der Waals surface area contributed by atoms with Crippen LogP contribution in [0.1, 0.15) is 18.4 Å². The Bertz CT molecular complexity index is 279. The molecular formula is C9H10FN. The lowest BCUT2D eigenvalue weighted by Crippen LogP contribution is -2.20. The molecule has 0 unspecified atom stereocenters. The van der Waals surface area contributed by atoms with Gasteiger partial charge in [-0.2, -0.15) is 0 Å².